The molecule has 4 unspecified atom stereocenters. The molecule has 0 aromatic rings. The Morgan fingerprint density at radius 3 is 2.77 bits per heavy atom. The molecule has 0 amide bonds. The van der Waals surface area contributed by atoms with Gasteiger partial charge in [-0.1, -0.05) is 19.8 Å². The summed E-state index contributed by atoms with van der Waals surface area (Å²) in [5.74, 6) is 1.97. The summed E-state index contributed by atoms with van der Waals surface area (Å²) in [4.78, 5) is 2.29. The van der Waals surface area contributed by atoms with Gasteiger partial charge in [0.25, 0.3) is 0 Å². The Balaban J connectivity index is 2.05. The zero-order chi connectivity index (χ0) is 9.42. The van der Waals surface area contributed by atoms with E-state index < -0.39 is 0 Å². The van der Waals surface area contributed by atoms with Crippen LogP contribution < -0.4 is 0 Å². The van der Waals surface area contributed by atoms with Crippen molar-refractivity contribution >= 4 is 15.7 Å². The van der Waals surface area contributed by atoms with Gasteiger partial charge in [0.2, 0.25) is 0 Å². The lowest BCUT2D eigenvalue weighted by molar-refractivity contribution is -0.00573. The molecule has 3 rings (SSSR count). The molecule has 1 aliphatic carbocycles. The minimum absolute atomic E-state index is 0.207. The van der Waals surface area contributed by atoms with Crippen LogP contribution in [0.1, 0.15) is 32.6 Å². The molecule has 3 heteroatoms. The highest BCUT2D eigenvalue weighted by Crippen LogP contribution is 2.43. The summed E-state index contributed by atoms with van der Waals surface area (Å²) in [6.45, 7) is 2.35. The van der Waals surface area contributed by atoms with Gasteiger partial charge in [0, 0.05) is 6.04 Å². The smallest absolute Gasteiger partial charge is 0.0910 e. The highest BCUT2D eigenvalue weighted by atomic mass is 15.2. The second-order valence-electron chi connectivity index (χ2n) is 4.62. The van der Waals surface area contributed by atoms with Crippen LogP contribution in [-0.2, 0) is 0 Å². The van der Waals surface area contributed by atoms with Crippen molar-refractivity contribution in [2.45, 2.75) is 44.6 Å². The van der Waals surface area contributed by atoms with E-state index in [1.165, 1.54) is 19.3 Å². The number of fused-ring (bicyclic) bond motifs is 4. The van der Waals surface area contributed by atoms with E-state index in [-0.39, 0.29) is 5.94 Å². The molecule has 0 aromatic carbocycles. The lowest BCUT2D eigenvalue weighted by atomic mass is 9.64. The Morgan fingerprint density at radius 2 is 2.15 bits per heavy atom. The van der Waals surface area contributed by atoms with E-state index in [1.54, 1.807) is 0 Å². The van der Waals surface area contributed by atoms with Crippen LogP contribution >= 0.6 is 0 Å². The number of nitrogens with zero attached hydrogens (tertiary/aromatic N) is 1. The summed E-state index contributed by atoms with van der Waals surface area (Å²) in [6.07, 6.45) is 5.73. The Bertz CT molecular complexity index is 186. The quantitative estimate of drug-likeness (QED) is 0.537. The number of hydrogen-bond acceptors (Lipinski definition) is 1. The van der Waals surface area contributed by atoms with Crippen molar-refractivity contribution in [1.82, 2.24) is 4.90 Å². The van der Waals surface area contributed by atoms with Gasteiger partial charge in [-0.05, 0) is 37.1 Å². The minimum atomic E-state index is 0.207. The van der Waals surface area contributed by atoms with E-state index >= 15 is 0 Å². The van der Waals surface area contributed by atoms with Crippen LogP contribution in [0.5, 0.6) is 0 Å². The van der Waals surface area contributed by atoms with Crippen LogP contribution in [0.3, 0.4) is 0 Å². The predicted molar refractivity (Wildman–Crippen MR) is 56.9 cm³/mol. The number of rotatable bonds is 1. The fourth-order valence-corrected chi connectivity index (χ4v) is 2.95. The first-order chi connectivity index (χ1) is 6.24. The average molecular weight is 173 g/mol. The Kier molecular flexibility index (Phi) is 2.73. The van der Waals surface area contributed by atoms with Gasteiger partial charge < -0.3 is 4.90 Å². The maximum Gasteiger partial charge on any atom is 0.0910 e. The summed E-state index contributed by atoms with van der Waals surface area (Å²) in [5, 5.41) is 0. The van der Waals surface area contributed by atoms with Crippen LogP contribution in [-0.4, -0.2) is 39.0 Å². The van der Waals surface area contributed by atoms with Crippen molar-refractivity contribution < 1.29 is 0 Å². The topological polar surface area (TPSA) is 3.24 Å². The molecule has 2 bridgehead atoms. The van der Waals surface area contributed by atoms with Crippen molar-refractivity contribution in [2.75, 3.05) is 6.44 Å². The van der Waals surface area contributed by atoms with Gasteiger partial charge in [-0.2, -0.15) is 0 Å². The molecule has 2 saturated heterocycles. The average Bonchev–Trinajstić information content (AvgIpc) is 2.10. The van der Waals surface area contributed by atoms with Crippen LogP contribution in [0.15, 0.2) is 0 Å². The highest BCUT2D eigenvalue weighted by molar-refractivity contribution is 6.13. The molecule has 2 aliphatic heterocycles. The molecule has 68 valence electrons. The summed E-state index contributed by atoms with van der Waals surface area (Å²) < 4.78 is 0. The van der Waals surface area contributed by atoms with Crippen LogP contribution in [0.2, 0.25) is 0 Å². The monoisotopic (exact) mass is 173 g/mol. The van der Waals surface area contributed by atoms with Gasteiger partial charge in [0.05, 0.1) is 15.7 Å². The van der Waals surface area contributed by atoms with Crippen molar-refractivity contribution in [1.29, 1.82) is 0 Å². The Hall–Kier alpha value is 0.0899. The van der Waals surface area contributed by atoms with Gasteiger partial charge in [0.1, 0.15) is 0 Å². The van der Waals surface area contributed by atoms with Crippen LogP contribution in [0.25, 0.3) is 0 Å². The second kappa shape index (κ2) is 3.68. The summed E-state index contributed by atoms with van der Waals surface area (Å²) in [6, 6.07) is 0.672. The first-order valence-electron chi connectivity index (χ1n) is 5.45. The highest BCUT2D eigenvalue weighted by Gasteiger charge is 2.42. The molecule has 13 heavy (non-hydrogen) atoms. The molecule has 0 aromatic heterocycles. The van der Waals surface area contributed by atoms with E-state index in [2.05, 4.69) is 11.8 Å². The Labute approximate surface area is 84.1 Å². The van der Waals surface area contributed by atoms with Gasteiger partial charge in [-0.3, -0.25) is 0 Å². The minimum Gasteiger partial charge on any atom is -0.315 e. The summed E-state index contributed by atoms with van der Waals surface area (Å²) in [5.41, 5.74) is 0. The number of hydrogen-bond donors (Lipinski definition) is 0. The molecular formula is C10H17B2N. The predicted octanol–water partition coefficient (Wildman–Crippen LogP) is 1.12. The molecule has 3 fully saturated rings. The molecule has 1 nitrogen and oxygen atoms in total. The van der Waals surface area contributed by atoms with Crippen molar-refractivity contribution in [3.05, 3.63) is 0 Å². The third-order valence-corrected chi connectivity index (χ3v) is 4.03. The normalized spacial score (nSPS) is 46.2. The zero-order valence-corrected chi connectivity index (χ0v) is 8.45. The lowest BCUT2D eigenvalue weighted by Gasteiger charge is -2.53. The van der Waals surface area contributed by atoms with E-state index in [0.717, 1.165) is 18.3 Å². The lowest BCUT2D eigenvalue weighted by Crippen LogP contribution is -2.57. The van der Waals surface area contributed by atoms with Crippen LogP contribution in [0.4, 0.5) is 0 Å². The molecule has 2 heterocycles. The molecule has 4 radical (unpaired) electrons. The van der Waals surface area contributed by atoms with Crippen molar-refractivity contribution in [3.63, 3.8) is 0 Å². The molecule has 3 aliphatic rings. The maximum absolute atomic E-state index is 6.08. The summed E-state index contributed by atoms with van der Waals surface area (Å²) >= 11 is 0. The third-order valence-electron chi connectivity index (χ3n) is 4.03. The van der Waals surface area contributed by atoms with Crippen molar-refractivity contribution in [2.24, 2.45) is 11.8 Å². The van der Waals surface area contributed by atoms with E-state index in [4.69, 9.17) is 15.7 Å². The fourth-order valence-electron chi connectivity index (χ4n) is 2.95. The van der Waals surface area contributed by atoms with E-state index in [1.807, 2.05) is 0 Å². The van der Waals surface area contributed by atoms with Crippen LogP contribution in [0, 0.1) is 11.8 Å². The SMILES string of the molecule is [B]CN1C([B])CCCC2CC1C2C. The molecule has 0 spiro atoms. The third kappa shape index (κ3) is 1.56. The summed E-state index contributed by atoms with van der Waals surface area (Å²) in [7, 11) is 11.8. The zero-order valence-electron chi connectivity index (χ0n) is 8.45. The first kappa shape index (κ1) is 9.64. The Morgan fingerprint density at radius 1 is 1.38 bits per heavy atom. The van der Waals surface area contributed by atoms with E-state index in [9.17, 15) is 0 Å². The van der Waals surface area contributed by atoms with Gasteiger partial charge in [-0.15, -0.1) is 0 Å². The largest absolute Gasteiger partial charge is 0.315 e. The molecular weight excluding hydrogens is 156 g/mol. The van der Waals surface area contributed by atoms with Gasteiger partial charge in [-0.25, -0.2) is 0 Å². The maximum atomic E-state index is 6.08. The molecule has 1 saturated carbocycles. The first-order valence-corrected chi connectivity index (χ1v) is 5.45. The van der Waals surface area contributed by atoms with Gasteiger partial charge >= 0.3 is 0 Å². The van der Waals surface area contributed by atoms with Crippen molar-refractivity contribution in [3.8, 4) is 0 Å². The van der Waals surface area contributed by atoms with E-state index in [0.29, 0.717) is 12.5 Å². The van der Waals surface area contributed by atoms with Gasteiger partial charge in [0.15, 0.2) is 0 Å². The molecule has 4 atom stereocenters. The standard InChI is InChI=1S/C10H17B2N/c1-7-8-3-2-4-10(12)13(6-11)9(7)5-8/h7-10H,2-6H2,1H3. The second-order valence-corrected chi connectivity index (χ2v) is 4.62. The molecule has 0 N–H and O–H groups in total. The fraction of sp³-hybridized carbons (Fsp3) is 1.00.